The van der Waals surface area contributed by atoms with E-state index in [1.165, 1.54) is 82.1 Å². The lowest BCUT2D eigenvalue weighted by molar-refractivity contribution is -0.165. The monoisotopic (exact) mass is 1230 g/mol. The van der Waals surface area contributed by atoms with Crippen LogP contribution in [0.2, 0.25) is 0 Å². The second kappa shape index (κ2) is 32.2. The number of nitrogens with one attached hydrogen (secondary N) is 2. The standard InChI is InChI=1S/C67H87FN6O15/c1-12-13-22-51-62(80)70-50(34-44-25-28-45-20-14-15-21-46(45)33-44)63(81)73(9)53(40-88-66(2,3)4)61(79)69-39-57(75)71(7)31-18-17-24-59(77)87-42-67(5,6)60(78)64(82)74-32-19-16-23-52(74)65(83)89-54(29-26-43-27-30-55(84-10)56(35-43)85-11)47-36-48(68)38-49(37-47)86-41-58(76)72(51)8/h14-15,17,20-21,24-25,27-28,30,33,35-38,50-54H,12-13,16,18-19,22-23,26,29,31-32,34,39-42H2,1-11H3,(H,69,79)(H,70,80)/t50-,51-,52-,53-,54+/m0/s1. The molecule has 1 fully saturated rings. The second-order valence-electron chi connectivity index (χ2n) is 24.2. The molecule has 21 nitrogen and oxygen atoms in total. The number of ether oxygens (including phenoxy) is 6. The summed E-state index contributed by atoms with van der Waals surface area (Å²) in [6.45, 7) is 8.34. The molecule has 2 bridgehead atoms. The summed E-state index contributed by atoms with van der Waals surface area (Å²) in [5, 5.41) is 7.40. The number of likely N-dealkylation sites (N-methyl/N-ethyl adjacent to an activating group) is 3. The molecule has 89 heavy (non-hydrogen) atoms. The Bertz CT molecular complexity index is 3220. The van der Waals surface area contributed by atoms with Crippen LogP contribution < -0.4 is 24.8 Å². The number of nitrogens with zero attached hydrogens (tertiary/aromatic N) is 4. The number of hydrogen-bond donors (Lipinski definition) is 2. The van der Waals surface area contributed by atoms with Crippen LogP contribution in [0.25, 0.3) is 10.8 Å². The van der Waals surface area contributed by atoms with Crippen LogP contribution in [0.5, 0.6) is 17.2 Å². The first-order chi connectivity index (χ1) is 42.2. The van der Waals surface area contributed by atoms with E-state index in [-0.39, 0.29) is 69.5 Å². The van der Waals surface area contributed by atoms with Crippen molar-refractivity contribution < 1.29 is 76.0 Å². The van der Waals surface area contributed by atoms with E-state index in [1.807, 2.05) is 49.4 Å². The number of unbranched alkanes of at least 4 members (excludes halogenated alkanes) is 1. The van der Waals surface area contributed by atoms with Crippen LogP contribution >= 0.6 is 0 Å². The SMILES string of the molecule is CCCC[C@H]1C(=O)N[C@@H](Cc2ccc3ccccc3c2)C(=O)N(C)[C@@H](COC(C)(C)C)C(=O)NCC(=O)N(C)CCC=CC(=O)OCC(C)(C)C(=O)C(=O)N2CCCC[C@H]2C(=O)O[C@H](CCc2ccc(OC)c(OC)c2)c2cc(F)cc(c2)OCC(=O)N1C. The first kappa shape index (κ1) is 69.7. The van der Waals surface area contributed by atoms with Crippen LogP contribution in [0.3, 0.4) is 0 Å². The number of hydrogen-bond acceptors (Lipinski definition) is 15. The number of cyclic esters (lactones) is 2. The van der Waals surface area contributed by atoms with E-state index < -0.39 is 120 Å². The summed E-state index contributed by atoms with van der Waals surface area (Å²) in [5.74, 6) is -6.82. The minimum absolute atomic E-state index is 0.0356. The molecular weight excluding hydrogens is 1150 g/mol. The van der Waals surface area contributed by atoms with Gasteiger partial charge in [-0.2, -0.15) is 0 Å². The quantitative estimate of drug-likeness (QED) is 0.107. The van der Waals surface area contributed by atoms with Crippen molar-refractivity contribution in [1.29, 1.82) is 0 Å². The molecule has 4 aromatic rings. The first-order valence-electron chi connectivity index (χ1n) is 30.2. The molecule has 2 N–H and O–H groups in total. The van der Waals surface area contributed by atoms with Crippen molar-refractivity contribution in [3.63, 3.8) is 0 Å². The van der Waals surface area contributed by atoms with Crippen LogP contribution in [0, 0.1) is 11.2 Å². The third kappa shape index (κ3) is 19.8. The number of methoxy groups -OCH3 is 2. The van der Waals surface area contributed by atoms with E-state index in [9.17, 15) is 38.4 Å². The zero-order valence-electron chi connectivity index (χ0n) is 53.2. The fraction of sp³-hybridized carbons (Fsp3) is 0.507. The van der Waals surface area contributed by atoms with E-state index in [0.717, 1.165) is 33.4 Å². The number of carbonyl (C=O) groups is 9. The topological polar surface area (TPSA) is 246 Å². The molecule has 2 heterocycles. The third-order valence-corrected chi connectivity index (χ3v) is 15.8. The molecule has 0 aliphatic carbocycles. The van der Waals surface area contributed by atoms with Gasteiger partial charge in [-0.25, -0.2) is 14.0 Å². The van der Waals surface area contributed by atoms with E-state index in [1.54, 1.807) is 39.0 Å². The highest BCUT2D eigenvalue weighted by molar-refractivity contribution is 6.38. The number of halogens is 1. The largest absolute Gasteiger partial charge is 0.493 e. The van der Waals surface area contributed by atoms with Gasteiger partial charge in [0, 0.05) is 52.8 Å². The lowest BCUT2D eigenvalue weighted by Crippen LogP contribution is -2.59. The number of esters is 2. The highest BCUT2D eigenvalue weighted by atomic mass is 19.1. The van der Waals surface area contributed by atoms with Crippen molar-refractivity contribution in [3.8, 4) is 17.2 Å². The zero-order valence-corrected chi connectivity index (χ0v) is 53.2. The van der Waals surface area contributed by atoms with Gasteiger partial charge in [-0.3, -0.25) is 33.6 Å². The number of fused-ring (bicyclic) bond motifs is 4. The molecule has 5 atom stereocenters. The minimum Gasteiger partial charge on any atom is -0.493 e. The summed E-state index contributed by atoms with van der Waals surface area (Å²) >= 11 is 0. The predicted molar refractivity (Wildman–Crippen MR) is 330 cm³/mol. The summed E-state index contributed by atoms with van der Waals surface area (Å²) < 4.78 is 50.7. The van der Waals surface area contributed by atoms with Gasteiger partial charge >= 0.3 is 11.9 Å². The second-order valence-corrected chi connectivity index (χ2v) is 24.2. The molecule has 0 radical (unpaired) electrons. The maximum atomic E-state index is 16.0. The molecule has 0 saturated carbocycles. The molecule has 2 aliphatic heterocycles. The van der Waals surface area contributed by atoms with E-state index in [0.29, 0.717) is 42.7 Å². The number of piperidine rings is 1. The van der Waals surface area contributed by atoms with Crippen molar-refractivity contribution in [2.24, 2.45) is 5.41 Å². The van der Waals surface area contributed by atoms with Gasteiger partial charge in [0.15, 0.2) is 18.1 Å². The van der Waals surface area contributed by atoms with Gasteiger partial charge in [0.05, 0.1) is 38.4 Å². The summed E-state index contributed by atoms with van der Waals surface area (Å²) in [7, 11) is 7.33. The van der Waals surface area contributed by atoms with E-state index in [2.05, 4.69) is 10.6 Å². The summed E-state index contributed by atoms with van der Waals surface area (Å²) in [6, 6.07) is 17.2. The molecule has 6 amide bonds. The molecule has 1 saturated heterocycles. The number of amides is 6. The molecule has 4 aromatic carbocycles. The van der Waals surface area contributed by atoms with Crippen LogP contribution in [-0.4, -0.2) is 177 Å². The summed E-state index contributed by atoms with van der Waals surface area (Å²) in [5.41, 5.74) is -0.749. The van der Waals surface area contributed by atoms with Crippen molar-refractivity contribution >= 4 is 63.9 Å². The number of ketones is 1. The average molecular weight is 1240 g/mol. The van der Waals surface area contributed by atoms with Crippen molar-refractivity contribution in [2.75, 3.05) is 74.8 Å². The van der Waals surface area contributed by atoms with Gasteiger partial charge < -0.3 is 58.7 Å². The molecule has 2 aliphatic rings. The van der Waals surface area contributed by atoms with Gasteiger partial charge in [-0.15, -0.1) is 0 Å². The Balaban J connectivity index is 1.37. The minimum atomic E-state index is -1.54. The Morgan fingerprint density at radius 2 is 1.47 bits per heavy atom. The zero-order chi connectivity index (χ0) is 65.2. The Kier molecular flexibility index (Phi) is 25.2. The van der Waals surface area contributed by atoms with Crippen molar-refractivity contribution in [2.45, 2.75) is 142 Å². The smallest absolute Gasteiger partial charge is 0.330 e. The lowest BCUT2D eigenvalue weighted by atomic mass is 9.87. The summed E-state index contributed by atoms with van der Waals surface area (Å²) in [4.78, 5) is 132. The fourth-order valence-electron chi connectivity index (χ4n) is 10.4. The Hall–Kier alpha value is -8.40. The van der Waals surface area contributed by atoms with Gasteiger partial charge in [-0.1, -0.05) is 74.4 Å². The van der Waals surface area contributed by atoms with Crippen molar-refractivity contribution in [1.82, 2.24) is 30.2 Å². The average Bonchev–Trinajstić information content (AvgIpc) is 1.14. The Labute approximate surface area is 520 Å². The number of Topliss-reactive ketones (excluding diaryl/α,β-unsaturated/α-hetero) is 1. The number of aryl methyl sites for hydroxylation is 1. The predicted octanol–water partition coefficient (Wildman–Crippen LogP) is 7.03. The molecular formula is C67H87FN6O15. The molecule has 482 valence electrons. The fourth-order valence-corrected chi connectivity index (χ4v) is 10.4. The normalized spacial score (nSPS) is 21.5. The van der Waals surface area contributed by atoms with E-state index >= 15 is 9.18 Å². The first-order valence-corrected chi connectivity index (χ1v) is 30.2. The highest BCUT2D eigenvalue weighted by Gasteiger charge is 2.43. The molecule has 22 heteroatoms. The molecule has 0 unspecified atom stereocenters. The molecule has 0 spiro atoms. The third-order valence-electron chi connectivity index (χ3n) is 15.8. The van der Waals surface area contributed by atoms with Crippen LogP contribution in [-0.2, 0) is 70.2 Å². The molecule has 0 aromatic heterocycles. The molecule has 6 rings (SSSR count). The van der Waals surface area contributed by atoms with Crippen molar-refractivity contribution in [3.05, 3.63) is 114 Å². The maximum Gasteiger partial charge on any atom is 0.330 e. The Morgan fingerprint density at radius 3 is 2.18 bits per heavy atom. The number of rotatable bonds is 12. The van der Waals surface area contributed by atoms with Gasteiger partial charge in [-0.05, 0) is 131 Å². The number of carbonyl (C=O) groups excluding carboxylic acids is 9. The van der Waals surface area contributed by atoms with Crippen LogP contribution in [0.4, 0.5) is 4.39 Å². The summed E-state index contributed by atoms with van der Waals surface area (Å²) in [6.07, 6.45) is 4.30. The van der Waals surface area contributed by atoms with Gasteiger partial charge in [0.1, 0.15) is 48.4 Å². The van der Waals surface area contributed by atoms with Gasteiger partial charge in [0.2, 0.25) is 29.4 Å². The van der Waals surface area contributed by atoms with Crippen LogP contribution in [0.15, 0.2) is 91.0 Å². The maximum absolute atomic E-state index is 16.0. The Morgan fingerprint density at radius 1 is 0.753 bits per heavy atom. The van der Waals surface area contributed by atoms with Crippen LogP contribution in [0.1, 0.15) is 116 Å². The lowest BCUT2D eigenvalue weighted by Gasteiger charge is -2.36. The van der Waals surface area contributed by atoms with E-state index in [4.69, 9.17) is 28.4 Å². The number of benzene rings is 4. The highest BCUT2D eigenvalue weighted by Crippen LogP contribution is 2.34. The van der Waals surface area contributed by atoms with Gasteiger partial charge in [0.25, 0.3) is 11.8 Å².